The summed E-state index contributed by atoms with van der Waals surface area (Å²) in [5.74, 6) is -1.78. The van der Waals surface area contributed by atoms with Gasteiger partial charge in [0, 0.05) is 26.9 Å². The maximum atomic E-state index is 13.0. The molecule has 7 heteroatoms. The lowest BCUT2D eigenvalue weighted by atomic mass is 9.98. The van der Waals surface area contributed by atoms with Crippen molar-refractivity contribution in [1.29, 1.82) is 0 Å². The molecule has 1 aliphatic rings. The Morgan fingerprint density at radius 1 is 1.03 bits per heavy atom. The first kappa shape index (κ1) is 19.4. The predicted molar refractivity (Wildman–Crippen MR) is 115 cm³/mol. The summed E-state index contributed by atoms with van der Waals surface area (Å²) in [5, 5.41) is 11.4. The maximum absolute atomic E-state index is 13.0. The van der Waals surface area contributed by atoms with Gasteiger partial charge >= 0.3 is 0 Å². The van der Waals surface area contributed by atoms with Crippen LogP contribution in [0.1, 0.15) is 17.3 Å². The van der Waals surface area contributed by atoms with Crippen molar-refractivity contribution in [2.75, 3.05) is 4.90 Å². The highest BCUT2D eigenvalue weighted by Crippen LogP contribution is 2.41. The van der Waals surface area contributed by atoms with Crippen molar-refractivity contribution >= 4 is 50.7 Å². The Hall–Kier alpha value is -2.96. The van der Waals surface area contributed by atoms with Gasteiger partial charge in [0.2, 0.25) is 0 Å². The van der Waals surface area contributed by atoms with Crippen molar-refractivity contribution < 1.29 is 14.7 Å². The molecule has 0 bridgehead atoms. The molecule has 29 heavy (non-hydrogen) atoms. The molecule has 1 atom stereocenters. The van der Waals surface area contributed by atoms with Crippen LogP contribution in [-0.2, 0) is 9.59 Å². The molecule has 1 aliphatic heterocycles. The van der Waals surface area contributed by atoms with Crippen LogP contribution in [0.4, 0.5) is 5.69 Å². The minimum absolute atomic E-state index is 0.0176. The summed E-state index contributed by atoms with van der Waals surface area (Å²) in [4.78, 5) is 31.6. The molecule has 4 rings (SSSR count). The van der Waals surface area contributed by atoms with E-state index < -0.39 is 17.7 Å². The van der Waals surface area contributed by atoms with E-state index in [9.17, 15) is 14.7 Å². The number of hydrogen-bond acceptors (Lipinski definition) is 4. The Balaban J connectivity index is 1.94. The molecule has 0 spiro atoms. The van der Waals surface area contributed by atoms with E-state index in [2.05, 4.69) is 20.9 Å². The Bertz CT molecular complexity index is 1130. The van der Waals surface area contributed by atoms with E-state index in [-0.39, 0.29) is 11.3 Å². The number of carbonyl (C=O) groups excluding carboxylic acids is 2. The maximum Gasteiger partial charge on any atom is 0.300 e. The van der Waals surface area contributed by atoms with Crippen molar-refractivity contribution in [3.05, 3.63) is 99.3 Å². The van der Waals surface area contributed by atoms with Gasteiger partial charge in [0.15, 0.2) is 0 Å². The zero-order chi connectivity index (χ0) is 20.5. The highest BCUT2D eigenvalue weighted by atomic mass is 79.9. The van der Waals surface area contributed by atoms with E-state index in [0.29, 0.717) is 22.0 Å². The average molecular weight is 470 g/mol. The number of Topliss-reactive ketones (excluding diaryl/α,β-unsaturated/α-hetero) is 1. The smallest absolute Gasteiger partial charge is 0.300 e. The van der Waals surface area contributed by atoms with Crippen LogP contribution < -0.4 is 4.90 Å². The molecular formula is C22H14BrClN2O3. The second-order valence-corrected chi connectivity index (χ2v) is 7.76. The summed E-state index contributed by atoms with van der Waals surface area (Å²) in [5.41, 5.74) is 1.32. The molecule has 0 saturated carbocycles. The average Bonchev–Trinajstić information content (AvgIpc) is 2.99. The topological polar surface area (TPSA) is 70.5 Å². The number of aromatic nitrogens is 1. The van der Waals surface area contributed by atoms with Gasteiger partial charge in [-0.15, -0.1) is 0 Å². The SMILES string of the molecule is O=C1C(=O)N(c2cccc(Cl)c2)C(c2ccccn2)/C1=C(\O)c1ccc(Br)cc1. The molecule has 5 nitrogen and oxygen atoms in total. The Kier molecular flexibility index (Phi) is 5.22. The minimum atomic E-state index is -0.877. The Labute approximate surface area is 180 Å². The molecule has 1 amide bonds. The monoisotopic (exact) mass is 468 g/mol. The van der Waals surface area contributed by atoms with Crippen LogP contribution in [0.5, 0.6) is 0 Å². The van der Waals surface area contributed by atoms with E-state index in [1.165, 1.54) is 4.90 Å². The third-order valence-electron chi connectivity index (χ3n) is 4.62. The van der Waals surface area contributed by atoms with Crippen molar-refractivity contribution in [2.24, 2.45) is 0 Å². The van der Waals surface area contributed by atoms with E-state index in [1.807, 2.05) is 0 Å². The van der Waals surface area contributed by atoms with Gasteiger partial charge in [-0.05, 0) is 42.5 Å². The summed E-state index contributed by atoms with van der Waals surface area (Å²) in [6, 6.07) is 17.8. The predicted octanol–water partition coefficient (Wildman–Crippen LogP) is 5.12. The number of aliphatic hydroxyl groups is 1. The number of halogens is 2. The highest BCUT2D eigenvalue weighted by molar-refractivity contribution is 9.10. The first-order valence-electron chi connectivity index (χ1n) is 8.71. The van der Waals surface area contributed by atoms with Gasteiger partial charge in [-0.1, -0.05) is 51.8 Å². The van der Waals surface area contributed by atoms with E-state index in [4.69, 9.17) is 11.6 Å². The van der Waals surface area contributed by atoms with E-state index in [1.54, 1.807) is 72.9 Å². The first-order valence-corrected chi connectivity index (χ1v) is 9.88. The number of pyridine rings is 1. The summed E-state index contributed by atoms with van der Waals surface area (Å²) < 4.78 is 0.828. The Morgan fingerprint density at radius 2 is 1.79 bits per heavy atom. The number of carbonyl (C=O) groups is 2. The fourth-order valence-electron chi connectivity index (χ4n) is 3.31. The molecule has 2 heterocycles. The van der Waals surface area contributed by atoms with Gasteiger partial charge in [-0.2, -0.15) is 0 Å². The Morgan fingerprint density at radius 3 is 2.45 bits per heavy atom. The lowest BCUT2D eigenvalue weighted by Gasteiger charge is -2.24. The quantitative estimate of drug-likeness (QED) is 0.328. The zero-order valence-electron chi connectivity index (χ0n) is 14.9. The van der Waals surface area contributed by atoms with Crippen molar-refractivity contribution in [2.45, 2.75) is 6.04 Å². The van der Waals surface area contributed by atoms with Gasteiger partial charge in [0.05, 0.1) is 11.3 Å². The van der Waals surface area contributed by atoms with Crippen LogP contribution in [0.2, 0.25) is 5.02 Å². The number of benzene rings is 2. The molecule has 3 aromatic rings. The molecule has 1 saturated heterocycles. The van der Waals surface area contributed by atoms with Gasteiger partial charge in [-0.3, -0.25) is 19.5 Å². The summed E-state index contributed by atoms with van der Waals surface area (Å²) in [7, 11) is 0. The lowest BCUT2D eigenvalue weighted by Crippen LogP contribution is -2.29. The van der Waals surface area contributed by atoms with Gasteiger partial charge in [-0.25, -0.2) is 0 Å². The number of hydrogen-bond donors (Lipinski definition) is 1. The fourth-order valence-corrected chi connectivity index (χ4v) is 3.75. The van der Waals surface area contributed by atoms with Gasteiger partial charge in [0.25, 0.3) is 11.7 Å². The third kappa shape index (κ3) is 3.57. The van der Waals surface area contributed by atoms with Gasteiger partial charge in [0.1, 0.15) is 11.8 Å². The second kappa shape index (κ2) is 7.81. The van der Waals surface area contributed by atoms with Crippen molar-refractivity contribution in [3.63, 3.8) is 0 Å². The lowest BCUT2D eigenvalue weighted by molar-refractivity contribution is -0.132. The van der Waals surface area contributed by atoms with Crippen LogP contribution >= 0.6 is 27.5 Å². The molecule has 2 aromatic carbocycles. The standard InChI is InChI=1S/C22H14BrClN2O3/c23-14-9-7-13(8-10-14)20(27)18-19(17-6-1-2-11-25-17)26(22(29)21(18)28)16-5-3-4-15(24)12-16/h1-12,19,27H/b20-18+. The molecule has 1 N–H and O–H groups in total. The molecule has 0 aliphatic carbocycles. The van der Waals surface area contributed by atoms with Gasteiger partial charge < -0.3 is 5.11 Å². The summed E-state index contributed by atoms with van der Waals surface area (Å²) in [6.07, 6.45) is 1.58. The van der Waals surface area contributed by atoms with Crippen LogP contribution in [0.15, 0.2) is 83.0 Å². The third-order valence-corrected chi connectivity index (χ3v) is 5.38. The van der Waals surface area contributed by atoms with Crippen LogP contribution in [-0.4, -0.2) is 21.8 Å². The summed E-state index contributed by atoms with van der Waals surface area (Å²) in [6.45, 7) is 0. The first-order chi connectivity index (χ1) is 14.0. The number of anilines is 1. The molecule has 1 unspecified atom stereocenters. The van der Waals surface area contributed by atoms with E-state index >= 15 is 0 Å². The number of ketones is 1. The van der Waals surface area contributed by atoms with Crippen molar-refractivity contribution in [3.8, 4) is 0 Å². The molecular weight excluding hydrogens is 456 g/mol. The normalized spacial score (nSPS) is 18.3. The van der Waals surface area contributed by atoms with Crippen LogP contribution in [0.25, 0.3) is 5.76 Å². The molecule has 1 fully saturated rings. The molecule has 144 valence electrons. The molecule has 0 radical (unpaired) electrons. The van der Waals surface area contributed by atoms with Crippen molar-refractivity contribution in [1.82, 2.24) is 4.98 Å². The van der Waals surface area contributed by atoms with Crippen LogP contribution in [0.3, 0.4) is 0 Å². The molecule has 1 aromatic heterocycles. The van der Waals surface area contributed by atoms with Crippen LogP contribution in [0, 0.1) is 0 Å². The second-order valence-electron chi connectivity index (χ2n) is 6.41. The summed E-state index contributed by atoms with van der Waals surface area (Å²) >= 11 is 9.45. The van der Waals surface area contributed by atoms with E-state index in [0.717, 1.165) is 4.47 Å². The zero-order valence-corrected chi connectivity index (χ0v) is 17.3. The number of nitrogens with zero attached hydrogens (tertiary/aromatic N) is 2. The number of amides is 1. The highest BCUT2D eigenvalue weighted by Gasteiger charge is 2.47. The number of aliphatic hydroxyl groups excluding tert-OH is 1. The number of rotatable bonds is 3. The fraction of sp³-hybridized carbons (Fsp3) is 0.0455. The minimum Gasteiger partial charge on any atom is -0.507 e. The largest absolute Gasteiger partial charge is 0.507 e.